The number of aromatic nitrogens is 1. The van der Waals surface area contributed by atoms with Gasteiger partial charge in [-0.1, -0.05) is 0 Å². The highest BCUT2D eigenvalue weighted by Gasteiger charge is 2.15. The molecule has 2 rings (SSSR count). The second-order valence-electron chi connectivity index (χ2n) is 3.97. The summed E-state index contributed by atoms with van der Waals surface area (Å²) < 4.78 is 5.10. The molecule has 18 heavy (non-hydrogen) atoms. The number of hydrogen-bond acceptors (Lipinski definition) is 4. The molecule has 1 aromatic heterocycles. The van der Waals surface area contributed by atoms with Gasteiger partial charge in [-0.15, -0.1) is 0 Å². The molecule has 2 N–H and O–H groups in total. The second kappa shape index (κ2) is 4.87. The number of pyridine rings is 1. The Morgan fingerprint density at radius 2 is 2.06 bits per heavy atom. The Morgan fingerprint density at radius 1 is 1.28 bits per heavy atom. The summed E-state index contributed by atoms with van der Waals surface area (Å²) in [5.41, 5.74) is 8.13. The number of ketones is 1. The van der Waals surface area contributed by atoms with Crippen LogP contribution in [0.25, 0.3) is 0 Å². The van der Waals surface area contributed by atoms with Crippen molar-refractivity contribution < 1.29 is 9.53 Å². The molecule has 0 bridgehead atoms. The average Bonchev–Trinajstić information content (AvgIpc) is 2.39. The summed E-state index contributed by atoms with van der Waals surface area (Å²) >= 11 is 0. The summed E-state index contributed by atoms with van der Waals surface area (Å²) in [6.45, 7) is 1.87. The van der Waals surface area contributed by atoms with Gasteiger partial charge in [0, 0.05) is 29.2 Å². The van der Waals surface area contributed by atoms with Gasteiger partial charge in [-0.2, -0.15) is 0 Å². The van der Waals surface area contributed by atoms with Crippen molar-refractivity contribution in [2.45, 2.75) is 6.92 Å². The summed E-state index contributed by atoms with van der Waals surface area (Å²) in [7, 11) is 1.55. The van der Waals surface area contributed by atoms with Gasteiger partial charge in [-0.3, -0.25) is 9.78 Å². The number of anilines is 1. The normalized spacial score (nSPS) is 10.1. The Bertz CT molecular complexity index is 594. The van der Waals surface area contributed by atoms with Crippen LogP contribution in [0.3, 0.4) is 0 Å². The second-order valence-corrected chi connectivity index (χ2v) is 3.97. The van der Waals surface area contributed by atoms with Crippen molar-refractivity contribution in [3.05, 3.63) is 53.3 Å². The van der Waals surface area contributed by atoms with Crippen LogP contribution < -0.4 is 10.5 Å². The summed E-state index contributed by atoms with van der Waals surface area (Å²) in [6, 6.07) is 6.83. The quantitative estimate of drug-likeness (QED) is 0.662. The summed E-state index contributed by atoms with van der Waals surface area (Å²) in [5, 5.41) is 0. The molecule has 0 radical (unpaired) electrons. The Morgan fingerprint density at radius 3 is 2.72 bits per heavy atom. The van der Waals surface area contributed by atoms with Crippen molar-refractivity contribution in [2.75, 3.05) is 12.8 Å². The fourth-order valence-corrected chi connectivity index (χ4v) is 1.71. The van der Waals surface area contributed by atoms with E-state index in [1.165, 1.54) is 0 Å². The highest BCUT2D eigenvalue weighted by molar-refractivity contribution is 6.12. The number of hydrogen-bond donors (Lipinski definition) is 1. The maximum absolute atomic E-state index is 12.4. The molecule has 0 aliphatic heterocycles. The molecule has 4 nitrogen and oxygen atoms in total. The molecule has 1 aromatic carbocycles. The third-order valence-corrected chi connectivity index (χ3v) is 2.79. The van der Waals surface area contributed by atoms with Crippen molar-refractivity contribution in [2.24, 2.45) is 0 Å². The SMILES string of the molecule is COc1ccc(N)c(C(=O)c2cnccc2C)c1. The molecule has 0 atom stereocenters. The van der Waals surface area contributed by atoms with Crippen LogP contribution >= 0.6 is 0 Å². The molecule has 0 spiro atoms. The number of nitrogens with zero attached hydrogens (tertiary/aromatic N) is 1. The number of nitrogens with two attached hydrogens (primary N) is 1. The summed E-state index contributed by atoms with van der Waals surface area (Å²) in [4.78, 5) is 16.4. The first-order valence-corrected chi connectivity index (χ1v) is 5.52. The Labute approximate surface area is 105 Å². The number of rotatable bonds is 3. The van der Waals surface area contributed by atoms with Gasteiger partial charge < -0.3 is 10.5 Å². The zero-order valence-electron chi connectivity index (χ0n) is 10.3. The van der Waals surface area contributed by atoms with Crippen LogP contribution in [-0.2, 0) is 0 Å². The van der Waals surface area contributed by atoms with E-state index in [0.29, 0.717) is 22.6 Å². The highest BCUT2D eigenvalue weighted by atomic mass is 16.5. The lowest BCUT2D eigenvalue weighted by molar-refractivity contribution is 0.103. The fourth-order valence-electron chi connectivity index (χ4n) is 1.71. The first-order chi connectivity index (χ1) is 8.63. The van der Waals surface area contributed by atoms with Gasteiger partial charge in [0.2, 0.25) is 0 Å². The number of carbonyl (C=O) groups is 1. The molecular formula is C14H14N2O2. The Kier molecular flexibility index (Phi) is 3.28. The first-order valence-electron chi connectivity index (χ1n) is 5.52. The van der Waals surface area contributed by atoms with E-state index >= 15 is 0 Å². The molecule has 0 saturated heterocycles. The lowest BCUT2D eigenvalue weighted by atomic mass is 10.00. The number of benzene rings is 1. The predicted octanol–water partition coefficient (Wildman–Crippen LogP) is 2.21. The lowest BCUT2D eigenvalue weighted by Crippen LogP contribution is -2.07. The molecule has 0 unspecified atom stereocenters. The Hall–Kier alpha value is -2.36. The van der Waals surface area contributed by atoms with E-state index in [1.807, 2.05) is 6.92 Å². The number of methoxy groups -OCH3 is 1. The monoisotopic (exact) mass is 242 g/mol. The van der Waals surface area contributed by atoms with E-state index in [-0.39, 0.29) is 5.78 Å². The molecule has 0 saturated carbocycles. The lowest BCUT2D eigenvalue weighted by Gasteiger charge is -2.08. The topological polar surface area (TPSA) is 65.2 Å². The van der Waals surface area contributed by atoms with Crippen molar-refractivity contribution in [3.63, 3.8) is 0 Å². The zero-order valence-corrected chi connectivity index (χ0v) is 10.3. The van der Waals surface area contributed by atoms with Gasteiger partial charge in [0.25, 0.3) is 0 Å². The molecule has 4 heteroatoms. The van der Waals surface area contributed by atoms with Crippen molar-refractivity contribution in [3.8, 4) is 5.75 Å². The molecule has 0 aliphatic rings. The molecule has 2 aromatic rings. The van der Waals surface area contributed by atoms with Crippen LogP contribution in [0, 0.1) is 6.92 Å². The van der Waals surface area contributed by atoms with Crippen LogP contribution in [-0.4, -0.2) is 17.9 Å². The van der Waals surface area contributed by atoms with E-state index in [2.05, 4.69) is 4.98 Å². The van der Waals surface area contributed by atoms with Crippen molar-refractivity contribution in [1.82, 2.24) is 4.98 Å². The maximum atomic E-state index is 12.4. The minimum atomic E-state index is -0.142. The van der Waals surface area contributed by atoms with E-state index in [9.17, 15) is 4.79 Å². The molecule has 0 fully saturated rings. The highest BCUT2D eigenvalue weighted by Crippen LogP contribution is 2.23. The van der Waals surface area contributed by atoms with Gasteiger partial charge in [0.1, 0.15) is 5.75 Å². The van der Waals surface area contributed by atoms with Crippen LogP contribution in [0.5, 0.6) is 5.75 Å². The van der Waals surface area contributed by atoms with Gasteiger partial charge in [-0.25, -0.2) is 0 Å². The maximum Gasteiger partial charge on any atom is 0.197 e. The smallest absolute Gasteiger partial charge is 0.197 e. The van der Waals surface area contributed by atoms with E-state index in [0.717, 1.165) is 5.56 Å². The number of nitrogen functional groups attached to an aromatic ring is 1. The van der Waals surface area contributed by atoms with Crippen molar-refractivity contribution >= 4 is 11.5 Å². The summed E-state index contributed by atoms with van der Waals surface area (Å²) in [6.07, 6.45) is 3.21. The standard InChI is InChI=1S/C14H14N2O2/c1-9-5-6-16-8-12(9)14(17)11-7-10(18-2)3-4-13(11)15/h3-8H,15H2,1-2H3. The van der Waals surface area contributed by atoms with E-state index in [4.69, 9.17) is 10.5 Å². The summed E-state index contributed by atoms with van der Waals surface area (Å²) in [5.74, 6) is 0.464. The van der Waals surface area contributed by atoms with E-state index in [1.54, 1.807) is 43.8 Å². The van der Waals surface area contributed by atoms with Gasteiger partial charge in [0.15, 0.2) is 5.78 Å². The average molecular weight is 242 g/mol. The zero-order chi connectivity index (χ0) is 13.1. The van der Waals surface area contributed by atoms with Crippen LogP contribution in [0.2, 0.25) is 0 Å². The minimum absolute atomic E-state index is 0.142. The van der Waals surface area contributed by atoms with E-state index < -0.39 is 0 Å². The van der Waals surface area contributed by atoms with Gasteiger partial charge >= 0.3 is 0 Å². The molecular weight excluding hydrogens is 228 g/mol. The minimum Gasteiger partial charge on any atom is -0.497 e. The third-order valence-electron chi connectivity index (χ3n) is 2.79. The predicted molar refractivity (Wildman–Crippen MR) is 69.8 cm³/mol. The number of carbonyl (C=O) groups excluding carboxylic acids is 1. The fraction of sp³-hybridized carbons (Fsp3) is 0.143. The Balaban J connectivity index is 2.49. The number of ether oxygens (including phenoxy) is 1. The van der Waals surface area contributed by atoms with Crippen molar-refractivity contribution in [1.29, 1.82) is 0 Å². The molecule has 92 valence electrons. The van der Waals surface area contributed by atoms with Crippen LogP contribution in [0.15, 0.2) is 36.7 Å². The molecule has 0 amide bonds. The van der Waals surface area contributed by atoms with Crippen LogP contribution in [0.4, 0.5) is 5.69 Å². The van der Waals surface area contributed by atoms with Gasteiger partial charge in [0.05, 0.1) is 7.11 Å². The molecule has 1 heterocycles. The largest absolute Gasteiger partial charge is 0.497 e. The van der Waals surface area contributed by atoms with Crippen LogP contribution in [0.1, 0.15) is 21.5 Å². The molecule has 0 aliphatic carbocycles. The third kappa shape index (κ3) is 2.18. The van der Waals surface area contributed by atoms with Gasteiger partial charge in [-0.05, 0) is 36.8 Å². The first kappa shape index (κ1) is 12.1. The number of aryl methyl sites for hydroxylation is 1.